The molecule has 0 saturated carbocycles. The van der Waals surface area contributed by atoms with Crippen LogP contribution < -0.4 is 4.90 Å². The molecule has 1 atom stereocenters. The zero-order chi connectivity index (χ0) is 14.0. The van der Waals surface area contributed by atoms with E-state index < -0.39 is 0 Å². The van der Waals surface area contributed by atoms with Crippen LogP contribution in [0.2, 0.25) is 0 Å². The largest absolute Gasteiger partial charge is 0.395 e. The first kappa shape index (κ1) is 14.4. The Kier molecular flexibility index (Phi) is 4.16. The molecule has 0 spiro atoms. The van der Waals surface area contributed by atoms with Gasteiger partial charge in [0.05, 0.1) is 12.6 Å². The summed E-state index contributed by atoms with van der Waals surface area (Å²) in [5.74, 6) is 0. The van der Waals surface area contributed by atoms with Crippen LogP contribution in [0.3, 0.4) is 0 Å². The van der Waals surface area contributed by atoms with Gasteiger partial charge in [-0.3, -0.25) is 4.90 Å². The highest BCUT2D eigenvalue weighted by Crippen LogP contribution is 2.32. The van der Waals surface area contributed by atoms with Crippen molar-refractivity contribution in [2.75, 3.05) is 31.6 Å². The molecule has 0 aromatic heterocycles. The highest BCUT2D eigenvalue weighted by atomic mass is 16.3. The van der Waals surface area contributed by atoms with Crippen LogP contribution >= 0.6 is 0 Å². The van der Waals surface area contributed by atoms with Crippen LogP contribution in [0.15, 0.2) is 24.3 Å². The Bertz CT molecular complexity index is 431. The van der Waals surface area contributed by atoms with E-state index >= 15 is 0 Å². The van der Waals surface area contributed by atoms with Crippen molar-refractivity contribution in [1.82, 2.24) is 4.90 Å². The SMILES string of the molecule is CCc1ccccc1N1CC(CO)N(C)CC1(C)C. The molecule has 1 heterocycles. The maximum atomic E-state index is 9.55. The van der Waals surface area contributed by atoms with Crippen molar-refractivity contribution in [2.24, 2.45) is 0 Å². The minimum Gasteiger partial charge on any atom is -0.395 e. The van der Waals surface area contributed by atoms with Crippen LogP contribution in [-0.4, -0.2) is 48.3 Å². The topological polar surface area (TPSA) is 26.7 Å². The number of rotatable bonds is 3. The van der Waals surface area contributed by atoms with E-state index in [0.29, 0.717) is 0 Å². The van der Waals surface area contributed by atoms with E-state index in [1.165, 1.54) is 11.3 Å². The van der Waals surface area contributed by atoms with Gasteiger partial charge in [0.25, 0.3) is 0 Å². The number of aliphatic hydroxyl groups is 1. The Morgan fingerprint density at radius 2 is 2.00 bits per heavy atom. The second kappa shape index (κ2) is 5.51. The summed E-state index contributed by atoms with van der Waals surface area (Å²) in [5.41, 5.74) is 2.80. The van der Waals surface area contributed by atoms with Gasteiger partial charge in [0.1, 0.15) is 0 Å². The van der Waals surface area contributed by atoms with Gasteiger partial charge in [0, 0.05) is 24.3 Å². The normalized spacial score (nSPS) is 23.6. The van der Waals surface area contributed by atoms with Crippen molar-refractivity contribution in [3.63, 3.8) is 0 Å². The maximum absolute atomic E-state index is 9.55. The lowest BCUT2D eigenvalue weighted by atomic mass is 9.93. The molecule has 1 unspecified atom stereocenters. The van der Waals surface area contributed by atoms with Crippen molar-refractivity contribution in [2.45, 2.75) is 38.8 Å². The molecule has 1 saturated heterocycles. The maximum Gasteiger partial charge on any atom is 0.0604 e. The monoisotopic (exact) mass is 262 g/mol. The number of nitrogens with zero attached hydrogens (tertiary/aromatic N) is 2. The molecule has 19 heavy (non-hydrogen) atoms. The fourth-order valence-electron chi connectivity index (χ4n) is 3.12. The van der Waals surface area contributed by atoms with Crippen LogP contribution in [0.5, 0.6) is 0 Å². The van der Waals surface area contributed by atoms with E-state index in [1.807, 2.05) is 0 Å². The molecule has 1 aromatic rings. The first-order valence-electron chi connectivity index (χ1n) is 7.16. The first-order valence-corrected chi connectivity index (χ1v) is 7.16. The fourth-order valence-corrected chi connectivity index (χ4v) is 3.12. The number of benzene rings is 1. The number of piperazine rings is 1. The summed E-state index contributed by atoms with van der Waals surface area (Å²) < 4.78 is 0. The lowest BCUT2D eigenvalue weighted by molar-refractivity contribution is 0.0979. The van der Waals surface area contributed by atoms with Gasteiger partial charge >= 0.3 is 0 Å². The number of aryl methyl sites for hydroxylation is 1. The third-order valence-electron chi connectivity index (χ3n) is 4.26. The van der Waals surface area contributed by atoms with Gasteiger partial charge in [-0.2, -0.15) is 0 Å². The van der Waals surface area contributed by atoms with Gasteiger partial charge in [0.15, 0.2) is 0 Å². The molecule has 1 aliphatic heterocycles. The van der Waals surface area contributed by atoms with Crippen LogP contribution in [0.1, 0.15) is 26.3 Å². The molecular weight excluding hydrogens is 236 g/mol. The number of anilines is 1. The Balaban J connectivity index is 2.35. The molecule has 0 amide bonds. The zero-order valence-electron chi connectivity index (χ0n) is 12.6. The Hall–Kier alpha value is -1.06. The van der Waals surface area contributed by atoms with Crippen molar-refractivity contribution in [3.8, 4) is 0 Å². The second-order valence-corrected chi connectivity index (χ2v) is 6.16. The van der Waals surface area contributed by atoms with E-state index in [0.717, 1.165) is 19.5 Å². The van der Waals surface area contributed by atoms with E-state index in [-0.39, 0.29) is 18.2 Å². The fraction of sp³-hybridized carbons (Fsp3) is 0.625. The van der Waals surface area contributed by atoms with Gasteiger partial charge in [0.2, 0.25) is 0 Å². The van der Waals surface area contributed by atoms with E-state index in [1.54, 1.807) is 0 Å². The summed E-state index contributed by atoms with van der Waals surface area (Å²) >= 11 is 0. The summed E-state index contributed by atoms with van der Waals surface area (Å²) in [6, 6.07) is 8.85. The number of likely N-dealkylation sites (N-methyl/N-ethyl adjacent to an activating group) is 1. The summed E-state index contributed by atoms with van der Waals surface area (Å²) in [6.45, 7) is 8.84. The molecule has 0 aliphatic carbocycles. The van der Waals surface area contributed by atoms with Gasteiger partial charge < -0.3 is 10.0 Å². The number of aliphatic hydroxyl groups excluding tert-OH is 1. The first-order chi connectivity index (χ1) is 8.99. The van der Waals surface area contributed by atoms with E-state index in [4.69, 9.17) is 0 Å². The van der Waals surface area contributed by atoms with Crippen LogP contribution in [0, 0.1) is 0 Å². The van der Waals surface area contributed by atoms with Crippen LogP contribution in [-0.2, 0) is 6.42 Å². The van der Waals surface area contributed by atoms with Crippen LogP contribution in [0.25, 0.3) is 0 Å². The highest BCUT2D eigenvalue weighted by molar-refractivity contribution is 5.56. The molecule has 1 fully saturated rings. The minimum atomic E-state index is 0.0890. The van der Waals surface area contributed by atoms with Gasteiger partial charge in [-0.15, -0.1) is 0 Å². The summed E-state index contributed by atoms with van der Waals surface area (Å²) in [4.78, 5) is 4.73. The highest BCUT2D eigenvalue weighted by Gasteiger charge is 2.37. The van der Waals surface area contributed by atoms with E-state index in [9.17, 15) is 5.11 Å². The zero-order valence-corrected chi connectivity index (χ0v) is 12.6. The van der Waals surface area contributed by atoms with E-state index in [2.05, 4.69) is 61.9 Å². The van der Waals surface area contributed by atoms with Crippen molar-refractivity contribution in [3.05, 3.63) is 29.8 Å². The molecule has 0 radical (unpaired) electrons. The molecule has 2 rings (SSSR count). The van der Waals surface area contributed by atoms with Crippen molar-refractivity contribution in [1.29, 1.82) is 0 Å². The number of hydrogen-bond acceptors (Lipinski definition) is 3. The van der Waals surface area contributed by atoms with Crippen molar-refractivity contribution >= 4 is 5.69 Å². The average Bonchev–Trinajstić information content (AvgIpc) is 2.38. The Morgan fingerprint density at radius 3 is 2.63 bits per heavy atom. The number of para-hydroxylation sites is 1. The molecule has 1 aliphatic rings. The molecule has 1 aromatic carbocycles. The molecule has 0 bridgehead atoms. The molecule has 3 heteroatoms. The second-order valence-electron chi connectivity index (χ2n) is 6.16. The van der Waals surface area contributed by atoms with Gasteiger partial charge in [-0.25, -0.2) is 0 Å². The average molecular weight is 262 g/mol. The molecular formula is C16H26N2O. The number of hydrogen-bond donors (Lipinski definition) is 1. The van der Waals surface area contributed by atoms with Gasteiger partial charge in [-0.1, -0.05) is 25.1 Å². The van der Waals surface area contributed by atoms with Crippen molar-refractivity contribution < 1.29 is 5.11 Å². The molecule has 106 valence electrons. The Morgan fingerprint density at radius 1 is 1.32 bits per heavy atom. The summed E-state index contributed by atoms with van der Waals surface area (Å²) in [7, 11) is 2.10. The van der Waals surface area contributed by atoms with Gasteiger partial charge in [-0.05, 0) is 38.9 Å². The third kappa shape index (κ3) is 2.77. The standard InChI is InChI=1S/C16H26N2O/c1-5-13-8-6-7-9-15(13)18-10-14(11-19)17(4)12-16(18,2)3/h6-9,14,19H,5,10-12H2,1-4H3. The molecule has 1 N–H and O–H groups in total. The molecule has 3 nitrogen and oxygen atoms in total. The minimum absolute atomic E-state index is 0.0890. The van der Waals surface area contributed by atoms with Crippen LogP contribution in [0.4, 0.5) is 5.69 Å². The quantitative estimate of drug-likeness (QED) is 0.904. The summed E-state index contributed by atoms with van der Waals surface area (Å²) in [5, 5.41) is 9.55. The third-order valence-corrected chi connectivity index (χ3v) is 4.26. The predicted molar refractivity (Wildman–Crippen MR) is 80.7 cm³/mol. The smallest absolute Gasteiger partial charge is 0.0604 e. The predicted octanol–water partition coefficient (Wildman–Crippen LogP) is 2.14. The lowest BCUT2D eigenvalue weighted by Gasteiger charge is -2.51. The lowest BCUT2D eigenvalue weighted by Crippen LogP contribution is -2.63. The Labute approximate surface area is 116 Å². The summed E-state index contributed by atoms with van der Waals surface area (Å²) in [6.07, 6.45) is 1.04.